The van der Waals surface area contributed by atoms with E-state index < -0.39 is 18.2 Å². The zero-order valence-electron chi connectivity index (χ0n) is 16.6. The smallest absolute Gasteiger partial charge is 0.412 e. The molecular weight excluding hydrogens is 370 g/mol. The molecule has 0 bridgehead atoms. The number of aromatic nitrogens is 2. The Labute approximate surface area is 169 Å². The van der Waals surface area contributed by atoms with E-state index in [1.54, 1.807) is 25.4 Å². The fourth-order valence-corrected chi connectivity index (χ4v) is 4.24. The van der Waals surface area contributed by atoms with Crippen LogP contribution in [0.5, 0.6) is 0 Å². The molecule has 1 N–H and O–H groups in total. The molecule has 4 rings (SSSR count). The summed E-state index contributed by atoms with van der Waals surface area (Å²) in [5.41, 5.74) is 5.94. The van der Waals surface area contributed by atoms with Crippen molar-refractivity contribution in [2.75, 3.05) is 11.9 Å². The molecule has 2 aromatic rings. The SMILES string of the molecule is CCOC(=O)C(Cc1ncccn1)OC(=O)Nc1c2c(cc3c1CCC3)CCC2. The molecule has 2 aliphatic rings. The lowest BCUT2D eigenvalue weighted by Crippen LogP contribution is -2.33. The summed E-state index contributed by atoms with van der Waals surface area (Å²) in [6.07, 6.45) is 7.69. The molecule has 1 aromatic heterocycles. The van der Waals surface area contributed by atoms with Crippen molar-refractivity contribution in [2.45, 2.75) is 58.0 Å². The summed E-state index contributed by atoms with van der Waals surface area (Å²) in [5, 5.41) is 2.95. The number of nitrogens with one attached hydrogen (secondary N) is 1. The third kappa shape index (κ3) is 4.23. The van der Waals surface area contributed by atoms with E-state index >= 15 is 0 Å². The molecular formula is C22H25N3O4. The van der Waals surface area contributed by atoms with Crippen LogP contribution in [0.15, 0.2) is 24.5 Å². The van der Waals surface area contributed by atoms with Crippen LogP contribution >= 0.6 is 0 Å². The number of ether oxygens (including phenoxy) is 2. The van der Waals surface area contributed by atoms with Gasteiger partial charge in [0.1, 0.15) is 5.82 Å². The van der Waals surface area contributed by atoms with Crippen molar-refractivity contribution in [2.24, 2.45) is 0 Å². The highest BCUT2D eigenvalue weighted by Crippen LogP contribution is 2.38. The van der Waals surface area contributed by atoms with Gasteiger partial charge in [-0.25, -0.2) is 19.6 Å². The fraction of sp³-hybridized carbons (Fsp3) is 0.455. The first kappa shape index (κ1) is 19.4. The van der Waals surface area contributed by atoms with E-state index in [0.717, 1.165) is 44.2 Å². The van der Waals surface area contributed by atoms with Gasteiger partial charge in [-0.2, -0.15) is 0 Å². The predicted octanol–water partition coefficient (Wildman–Crippen LogP) is 3.18. The van der Waals surface area contributed by atoms with Gasteiger partial charge in [-0.05, 0) is 73.8 Å². The van der Waals surface area contributed by atoms with E-state index in [1.165, 1.54) is 22.3 Å². The van der Waals surface area contributed by atoms with Gasteiger partial charge in [-0.1, -0.05) is 6.07 Å². The van der Waals surface area contributed by atoms with E-state index in [1.807, 2.05) is 0 Å². The molecule has 29 heavy (non-hydrogen) atoms. The number of amides is 1. The van der Waals surface area contributed by atoms with Crippen molar-refractivity contribution in [3.8, 4) is 0 Å². The summed E-state index contributed by atoms with van der Waals surface area (Å²) in [6, 6.07) is 3.99. The van der Waals surface area contributed by atoms with Gasteiger partial charge in [0, 0.05) is 12.4 Å². The average molecular weight is 395 g/mol. The fourth-order valence-electron chi connectivity index (χ4n) is 4.24. The number of fused-ring (bicyclic) bond motifs is 2. The van der Waals surface area contributed by atoms with Crippen LogP contribution in [0.3, 0.4) is 0 Å². The Balaban J connectivity index is 1.52. The molecule has 0 radical (unpaired) electrons. The second kappa shape index (κ2) is 8.59. The molecule has 1 atom stereocenters. The minimum Gasteiger partial charge on any atom is -0.463 e. The predicted molar refractivity (Wildman–Crippen MR) is 107 cm³/mol. The summed E-state index contributed by atoms with van der Waals surface area (Å²) >= 11 is 0. The summed E-state index contributed by atoms with van der Waals surface area (Å²) in [6.45, 7) is 1.92. The maximum absolute atomic E-state index is 12.7. The molecule has 0 saturated carbocycles. The highest BCUT2D eigenvalue weighted by molar-refractivity contribution is 5.90. The number of nitrogens with zero attached hydrogens (tertiary/aromatic N) is 2. The van der Waals surface area contributed by atoms with Crippen molar-refractivity contribution >= 4 is 17.7 Å². The number of hydrogen-bond donors (Lipinski definition) is 1. The Morgan fingerprint density at radius 2 is 1.72 bits per heavy atom. The molecule has 7 nitrogen and oxygen atoms in total. The lowest BCUT2D eigenvalue weighted by atomic mass is 9.99. The Morgan fingerprint density at radius 1 is 1.07 bits per heavy atom. The van der Waals surface area contributed by atoms with Gasteiger partial charge < -0.3 is 9.47 Å². The Bertz CT molecular complexity index is 882. The highest BCUT2D eigenvalue weighted by Gasteiger charge is 2.29. The van der Waals surface area contributed by atoms with Gasteiger partial charge >= 0.3 is 12.1 Å². The number of hydrogen-bond acceptors (Lipinski definition) is 6. The molecule has 2 aliphatic carbocycles. The molecule has 0 spiro atoms. The van der Waals surface area contributed by atoms with Crippen molar-refractivity contribution in [1.82, 2.24) is 9.97 Å². The quantitative estimate of drug-likeness (QED) is 0.756. The van der Waals surface area contributed by atoms with Crippen LogP contribution in [0, 0.1) is 0 Å². The minimum absolute atomic E-state index is 0.0676. The highest BCUT2D eigenvalue weighted by atomic mass is 16.6. The van der Waals surface area contributed by atoms with Gasteiger partial charge in [0.05, 0.1) is 18.7 Å². The number of carbonyl (C=O) groups excluding carboxylic acids is 2. The summed E-state index contributed by atoms with van der Waals surface area (Å²) in [7, 11) is 0. The second-order valence-electron chi connectivity index (χ2n) is 7.37. The lowest BCUT2D eigenvalue weighted by molar-refractivity contribution is -0.152. The monoisotopic (exact) mass is 395 g/mol. The number of aryl methyl sites for hydroxylation is 2. The average Bonchev–Trinajstić information content (AvgIpc) is 3.37. The van der Waals surface area contributed by atoms with Crippen LogP contribution in [0.2, 0.25) is 0 Å². The van der Waals surface area contributed by atoms with E-state index in [9.17, 15) is 9.59 Å². The zero-order chi connectivity index (χ0) is 20.2. The van der Waals surface area contributed by atoms with Gasteiger partial charge in [0.2, 0.25) is 6.10 Å². The minimum atomic E-state index is -1.10. The third-order valence-electron chi connectivity index (χ3n) is 5.49. The molecule has 1 heterocycles. The van der Waals surface area contributed by atoms with Crippen LogP contribution in [-0.2, 0) is 46.4 Å². The first-order chi connectivity index (χ1) is 14.2. The normalized spacial score (nSPS) is 15.3. The Kier molecular flexibility index (Phi) is 5.74. The number of rotatable bonds is 6. The zero-order valence-corrected chi connectivity index (χ0v) is 16.6. The first-order valence-electron chi connectivity index (χ1n) is 10.2. The summed E-state index contributed by atoms with van der Waals surface area (Å²) in [5.74, 6) is -0.182. The largest absolute Gasteiger partial charge is 0.463 e. The van der Waals surface area contributed by atoms with Crippen LogP contribution in [0.4, 0.5) is 10.5 Å². The first-order valence-corrected chi connectivity index (χ1v) is 10.2. The summed E-state index contributed by atoms with van der Waals surface area (Å²) in [4.78, 5) is 33.3. The number of carbonyl (C=O) groups is 2. The van der Waals surface area contributed by atoms with Crippen molar-refractivity contribution in [3.05, 3.63) is 52.6 Å². The van der Waals surface area contributed by atoms with E-state index in [4.69, 9.17) is 9.47 Å². The van der Waals surface area contributed by atoms with Gasteiger partial charge in [0.25, 0.3) is 0 Å². The number of benzene rings is 1. The standard InChI is InChI=1S/C22H25N3O4/c1-2-28-21(26)18(13-19-23-10-5-11-24-19)29-22(27)25-20-16-8-3-6-14(16)12-15-7-4-9-17(15)20/h5,10-12,18H,2-4,6-9,13H2,1H3,(H,25,27). The van der Waals surface area contributed by atoms with Gasteiger partial charge in [0.15, 0.2) is 0 Å². The Morgan fingerprint density at radius 3 is 2.34 bits per heavy atom. The van der Waals surface area contributed by atoms with Crippen LogP contribution < -0.4 is 5.32 Å². The van der Waals surface area contributed by atoms with Crippen molar-refractivity contribution < 1.29 is 19.1 Å². The molecule has 152 valence electrons. The lowest BCUT2D eigenvalue weighted by Gasteiger charge is -2.19. The summed E-state index contributed by atoms with van der Waals surface area (Å²) < 4.78 is 10.6. The van der Waals surface area contributed by atoms with Crippen LogP contribution in [-0.4, -0.2) is 34.7 Å². The third-order valence-corrected chi connectivity index (χ3v) is 5.49. The molecule has 1 amide bonds. The van der Waals surface area contributed by atoms with Crippen LogP contribution in [0.25, 0.3) is 0 Å². The maximum atomic E-state index is 12.7. The molecule has 1 aromatic carbocycles. The second-order valence-corrected chi connectivity index (χ2v) is 7.37. The van der Waals surface area contributed by atoms with Gasteiger partial charge in [-0.15, -0.1) is 0 Å². The number of esters is 1. The maximum Gasteiger partial charge on any atom is 0.412 e. The van der Waals surface area contributed by atoms with E-state index in [2.05, 4.69) is 21.4 Å². The number of anilines is 1. The molecule has 1 unspecified atom stereocenters. The van der Waals surface area contributed by atoms with Crippen LogP contribution in [0.1, 0.15) is 47.8 Å². The molecule has 7 heteroatoms. The topological polar surface area (TPSA) is 90.4 Å². The molecule has 0 saturated heterocycles. The van der Waals surface area contributed by atoms with Gasteiger partial charge in [-0.3, -0.25) is 5.32 Å². The van der Waals surface area contributed by atoms with E-state index in [-0.39, 0.29) is 13.0 Å². The van der Waals surface area contributed by atoms with Crippen molar-refractivity contribution in [1.29, 1.82) is 0 Å². The van der Waals surface area contributed by atoms with Crippen molar-refractivity contribution in [3.63, 3.8) is 0 Å². The molecule has 0 aliphatic heterocycles. The Hall–Kier alpha value is -2.96. The van der Waals surface area contributed by atoms with E-state index in [0.29, 0.717) is 5.82 Å². The molecule has 0 fully saturated rings.